The quantitative estimate of drug-likeness (QED) is 0.593. The second-order valence-corrected chi connectivity index (χ2v) is 8.17. The third-order valence-corrected chi connectivity index (χ3v) is 6.18. The number of fused-ring (bicyclic) bond motifs is 2. The molecule has 2 bridgehead atoms. The van der Waals surface area contributed by atoms with E-state index in [-0.39, 0.29) is 29.7 Å². The van der Waals surface area contributed by atoms with Gasteiger partial charge in [-0.1, -0.05) is 12.1 Å². The van der Waals surface area contributed by atoms with Crippen LogP contribution in [0.1, 0.15) is 18.4 Å². The number of alkyl halides is 3. The first-order valence-corrected chi connectivity index (χ1v) is 10.3. The van der Waals surface area contributed by atoms with Crippen LogP contribution in [0.15, 0.2) is 24.3 Å². The van der Waals surface area contributed by atoms with E-state index in [1.54, 1.807) is 0 Å². The topological polar surface area (TPSA) is 106 Å². The van der Waals surface area contributed by atoms with E-state index in [0.717, 1.165) is 5.56 Å². The van der Waals surface area contributed by atoms with Gasteiger partial charge in [0.25, 0.3) is 0 Å². The maximum absolute atomic E-state index is 12.3. The van der Waals surface area contributed by atoms with Gasteiger partial charge in [-0.05, 0) is 43.6 Å². The standard InChI is InChI=1S/C20H26F3N3O5/c21-20(22,23)31-13-3-1-11(2-4-13)9-25-15-14-10-29-19(30-14)16(17(15)27)26-7-5-12(6-8-26)18(24)28/h1-4,12,14-17,19,25,27H,5-10H2,(H2,24,28). The van der Waals surface area contributed by atoms with Gasteiger partial charge in [0.05, 0.1) is 24.8 Å². The van der Waals surface area contributed by atoms with E-state index in [1.165, 1.54) is 24.3 Å². The maximum Gasteiger partial charge on any atom is 0.573 e. The molecule has 1 aromatic rings. The summed E-state index contributed by atoms with van der Waals surface area (Å²) < 4.78 is 52.5. The monoisotopic (exact) mass is 445 g/mol. The molecule has 0 aromatic heterocycles. The molecule has 5 atom stereocenters. The number of carbonyl (C=O) groups is 1. The number of rotatable bonds is 6. The molecule has 3 aliphatic heterocycles. The number of hydrogen-bond donors (Lipinski definition) is 3. The minimum atomic E-state index is -4.73. The minimum absolute atomic E-state index is 0.159. The first-order valence-electron chi connectivity index (χ1n) is 10.3. The number of aliphatic hydroxyl groups is 1. The third kappa shape index (κ3) is 5.12. The molecule has 172 valence electrons. The number of nitrogens with zero attached hydrogens (tertiary/aromatic N) is 1. The van der Waals surface area contributed by atoms with E-state index in [0.29, 0.717) is 39.1 Å². The van der Waals surface area contributed by atoms with Crippen molar-refractivity contribution in [3.05, 3.63) is 29.8 Å². The molecule has 4 rings (SSSR count). The van der Waals surface area contributed by atoms with Crippen LogP contribution in [0.5, 0.6) is 5.75 Å². The van der Waals surface area contributed by atoms with Crippen LogP contribution in [0.2, 0.25) is 0 Å². The summed E-state index contributed by atoms with van der Waals surface area (Å²) in [4.78, 5) is 13.5. The Morgan fingerprint density at radius 1 is 1.26 bits per heavy atom. The zero-order valence-electron chi connectivity index (χ0n) is 16.8. The predicted octanol–water partition coefficient (Wildman–Crippen LogP) is 0.725. The highest BCUT2D eigenvalue weighted by Gasteiger charge is 2.52. The molecule has 3 saturated heterocycles. The Bertz CT molecular complexity index is 770. The Morgan fingerprint density at radius 2 is 1.94 bits per heavy atom. The van der Waals surface area contributed by atoms with Gasteiger partial charge < -0.3 is 30.4 Å². The normalized spacial score (nSPS) is 32.2. The van der Waals surface area contributed by atoms with Crippen LogP contribution >= 0.6 is 0 Å². The fourth-order valence-corrected chi connectivity index (χ4v) is 4.57. The number of nitrogens with one attached hydrogen (secondary N) is 1. The number of amides is 1. The van der Waals surface area contributed by atoms with Crippen molar-refractivity contribution in [3.63, 3.8) is 0 Å². The van der Waals surface area contributed by atoms with E-state index < -0.39 is 24.8 Å². The van der Waals surface area contributed by atoms with Crippen molar-refractivity contribution in [2.75, 3.05) is 19.7 Å². The van der Waals surface area contributed by atoms with Crippen LogP contribution in [0.3, 0.4) is 0 Å². The lowest BCUT2D eigenvalue weighted by molar-refractivity contribution is -0.274. The van der Waals surface area contributed by atoms with Crippen molar-refractivity contribution < 1.29 is 37.3 Å². The van der Waals surface area contributed by atoms with E-state index in [9.17, 15) is 23.1 Å². The van der Waals surface area contributed by atoms with Crippen LogP contribution in [-0.4, -0.2) is 72.6 Å². The lowest BCUT2D eigenvalue weighted by Gasteiger charge is -2.46. The first kappa shape index (κ1) is 22.3. The summed E-state index contributed by atoms with van der Waals surface area (Å²) in [5.74, 6) is -0.749. The van der Waals surface area contributed by atoms with Crippen LogP contribution in [0.4, 0.5) is 13.2 Å². The highest BCUT2D eigenvalue weighted by atomic mass is 19.4. The number of carbonyl (C=O) groups excluding carboxylic acids is 1. The molecule has 11 heteroatoms. The van der Waals surface area contributed by atoms with Crippen molar-refractivity contribution >= 4 is 5.91 Å². The van der Waals surface area contributed by atoms with Crippen molar-refractivity contribution in [2.45, 2.75) is 56.3 Å². The summed E-state index contributed by atoms with van der Waals surface area (Å²) in [7, 11) is 0. The van der Waals surface area contributed by atoms with Crippen LogP contribution < -0.4 is 15.8 Å². The molecule has 5 unspecified atom stereocenters. The Kier molecular flexibility index (Phi) is 6.40. The molecule has 8 nitrogen and oxygen atoms in total. The summed E-state index contributed by atoms with van der Waals surface area (Å²) in [6.07, 6.45) is -5.12. The molecule has 0 spiro atoms. The smallest absolute Gasteiger partial charge is 0.406 e. The van der Waals surface area contributed by atoms with Gasteiger partial charge in [0.2, 0.25) is 5.91 Å². The van der Waals surface area contributed by atoms with Gasteiger partial charge in [0.15, 0.2) is 6.29 Å². The van der Waals surface area contributed by atoms with E-state index >= 15 is 0 Å². The molecule has 31 heavy (non-hydrogen) atoms. The molecule has 3 aliphatic rings. The van der Waals surface area contributed by atoms with Gasteiger partial charge in [-0.25, -0.2) is 0 Å². The summed E-state index contributed by atoms with van der Waals surface area (Å²) in [6.45, 7) is 1.88. The van der Waals surface area contributed by atoms with Crippen LogP contribution in [0, 0.1) is 5.92 Å². The molecular formula is C20H26F3N3O5. The van der Waals surface area contributed by atoms with Crippen LogP contribution in [0.25, 0.3) is 0 Å². The van der Waals surface area contributed by atoms with Crippen molar-refractivity contribution in [1.29, 1.82) is 0 Å². The molecule has 1 aromatic carbocycles. The highest BCUT2D eigenvalue weighted by molar-refractivity contribution is 5.76. The number of aliphatic hydroxyl groups excluding tert-OH is 1. The lowest BCUT2D eigenvalue weighted by Crippen LogP contribution is -2.65. The molecule has 0 saturated carbocycles. The summed E-state index contributed by atoms with van der Waals surface area (Å²) in [6, 6.07) is 4.77. The zero-order valence-corrected chi connectivity index (χ0v) is 16.8. The zero-order chi connectivity index (χ0) is 22.2. The van der Waals surface area contributed by atoms with Crippen molar-refractivity contribution in [1.82, 2.24) is 10.2 Å². The SMILES string of the molecule is NC(=O)C1CCN(C2C3OCC(O3)C(NCc3ccc(OC(F)(F)F)cc3)C2O)CC1. The second-order valence-electron chi connectivity index (χ2n) is 8.17. The molecule has 0 aliphatic carbocycles. The number of primary amides is 1. The molecular weight excluding hydrogens is 419 g/mol. The fraction of sp³-hybridized carbons (Fsp3) is 0.650. The molecule has 0 radical (unpaired) electrons. The molecule has 3 heterocycles. The van der Waals surface area contributed by atoms with Gasteiger partial charge in [-0.3, -0.25) is 9.69 Å². The largest absolute Gasteiger partial charge is 0.573 e. The highest BCUT2D eigenvalue weighted by Crippen LogP contribution is 2.33. The summed E-state index contributed by atoms with van der Waals surface area (Å²) in [5, 5.41) is 14.3. The maximum atomic E-state index is 12.3. The Balaban J connectivity index is 1.37. The molecule has 3 fully saturated rings. The average molecular weight is 445 g/mol. The van der Waals surface area contributed by atoms with E-state index in [2.05, 4.69) is 15.0 Å². The Morgan fingerprint density at radius 3 is 2.55 bits per heavy atom. The summed E-state index contributed by atoms with van der Waals surface area (Å²) >= 11 is 0. The molecule has 1 amide bonds. The number of hydrogen-bond acceptors (Lipinski definition) is 7. The van der Waals surface area contributed by atoms with Gasteiger partial charge >= 0.3 is 6.36 Å². The minimum Gasteiger partial charge on any atom is -0.406 e. The second kappa shape index (κ2) is 8.91. The van der Waals surface area contributed by atoms with Gasteiger partial charge in [-0.2, -0.15) is 0 Å². The Hall–Kier alpha value is -1.92. The third-order valence-electron chi connectivity index (χ3n) is 6.18. The van der Waals surface area contributed by atoms with E-state index in [1.807, 2.05) is 0 Å². The number of ether oxygens (including phenoxy) is 3. The number of likely N-dealkylation sites (tertiary alicyclic amines) is 1. The molecule has 4 N–H and O–H groups in total. The van der Waals surface area contributed by atoms with Crippen LogP contribution in [-0.2, 0) is 20.8 Å². The fourth-order valence-electron chi connectivity index (χ4n) is 4.57. The number of benzene rings is 1. The summed E-state index contributed by atoms with van der Waals surface area (Å²) in [5.41, 5.74) is 6.14. The first-order chi connectivity index (χ1) is 14.7. The number of nitrogens with two attached hydrogens (primary N) is 1. The van der Waals surface area contributed by atoms with Gasteiger partial charge in [0, 0.05) is 12.5 Å². The van der Waals surface area contributed by atoms with Gasteiger partial charge in [0.1, 0.15) is 11.9 Å². The lowest BCUT2D eigenvalue weighted by atomic mass is 9.90. The Labute approximate surface area is 177 Å². The number of halogens is 3. The van der Waals surface area contributed by atoms with E-state index in [4.69, 9.17) is 15.2 Å². The van der Waals surface area contributed by atoms with Crippen molar-refractivity contribution in [3.8, 4) is 5.75 Å². The van der Waals surface area contributed by atoms with Gasteiger partial charge in [-0.15, -0.1) is 13.2 Å². The number of piperidine rings is 1. The average Bonchev–Trinajstić information content (AvgIpc) is 3.13. The predicted molar refractivity (Wildman–Crippen MR) is 102 cm³/mol. The van der Waals surface area contributed by atoms with Crippen molar-refractivity contribution in [2.24, 2.45) is 11.7 Å².